The van der Waals surface area contributed by atoms with Crippen LogP contribution in [0.4, 0.5) is 0 Å². The maximum Gasteiger partial charge on any atom is 0.221 e. The lowest BCUT2D eigenvalue weighted by Crippen LogP contribution is -2.44. The van der Waals surface area contributed by atoms with E-state index in [9.17, 15) is 4.79 Å². The second-order valence-electron chi connectivity index (χ2n) is 5.11. The summed E-state index contributed by atoms with van der Waals surface area (Å²) in [5, 5.41) is 6.30. The van der Waals surface area contributed by atoms with Crippen LogP contribution < -0.4 is 10.6 Å². The lowest BCUT2D eigenvalue weighted by molar-refractivity contribution is -0.121. The summed E-state index contributed by atoms with van der Waals surface area (Å²) in [6.45, 7) is 7.71. The van der Waals surface area contributed by atoms with Crippen LogP contribution in [0.25, 0.3) is 0 Å². The van der Waals surface area contributed by atoms with Crippen molar-refractivity contribution in [2.45, 2.75) is 19.9 Å². The predicted molar refractivity (Wildman–Crippen MR) is 77.0 cm³/mol. The van der Waals surface area contributed by atoms with Crippen LogP contribution in [0.15, 0.2) is 24.3 Å². The minimum atomic E-state index is 0.139. The molecule has 1 aromatic rings. The van der Waals surface area contributed by atoms with Crippen molar-refractivity contribution in [1.82, 2.24) is 15.5 Å². The SMILES string of the molecule is Cc1cccc(CNC(=O)CCN2CCNCC2)c1. The van der Waals surface area contributed by atoms with Crippen molar-refractivity contribution in [1.29, 1.82) is 0 Å². The topological polar surface area (TPSA) is 44.4 Å². The summed E-state index contributed by atoms with van der Waals surface area (Å²) in [7, 11) is 0. The fraction of sp³-hybridized carbons (Fsp3) is 0.533. The third kappa shape index (κ3) is 5.01. The summed E-state index contributed by atoms with van der Waals surface area (Å²) in [6.07, 6.45) is 0.589. The molecule has 4 nitrogen and oxygen atoms in total. The van der Waals surface area contributed by atoms with Gasteiger partial charge in [-0.3, -0.25) is 4.79 Å². The van der Waals surface area contributed by atoms with E-state index in [-0.39, 0.29) is 5.91 Å². The Morgan fingerprint density at radius 2 is 2.16 bits per heavy atom. The van der Waals surface area contributed by atoms with E-state index in [0.717, 1.165) is 38.3 Å². The highest BCUT2D eigenvalue weighted by Crippen LogP contribution is 2.03. The minimum absolute atomic E-state index is 0.139. The number of piperazine rings is 1. The van der Waals surface area contributed by atoms with Gasteiger partial charge in [-0.2, -0.15) is 0 Å². The van der Waals surface area contributed by atoms with Gasteiger partial charge in [0.25, 0.3) is 0 Å². The molecule has 2 rings (SSSR count). The highest BCUT2D eigenvalue weighted by molar-refractivity contribution is 5.76. The van der Waals surface area contributed by atoms with E-state index in [1.165, 1.54) is 5.56 Å². The Balaban J connectivity index is 1.66. The molecule has 0 spiro atoms. The lowest BCUT2D eigenvalue weighted by Gasteiger charge is -2.26. The molecule has 1 fully saturated rings. The Hall–Kier alpha value is -1.39. The number of carbonyl (C=O) groups excluding carboxylic acids is 1. The van der Waals surface area contributed by atoms with Gasteiger partial charge in [0.15, 0.2) is 0 Å². The molecule has 1 aromatic carbocycles. The van der Waals surface area contributed by atoms with Crippen LogP contribution in [0, 0.1) is 6.92 Å². The van der Waals surface area contributed by atoms with Crippen molar-refractivity contribution < 1.29 is 4.79 Å². The first-order valence-corrected chi connectivity index (χ1v) is 6.99. The van der Waals surface area contributed by atoms with E-state index in [0.29, 0.717) is 13.0 Å². The van der Waals surface area contributed by atoms with Gasteiger partial charge >= 0.3 is 0 Å². The van der Waals surface area contributed by atoms with Gasteiger partial charge in [-0.1, -0.05) is 29.8 Å². The van der Waals surface area contributed by atoms with Crippen LogP contribution in [0.5, 0.6) is 0 Å². The summed E-state index contributed by atoms with van der Waals surface area (Å²) < 4.78 is 0. The van der Waals surface area contributed by atoms with Gasteiger partial charge in [-0.15, -0.1) is 0 Å². The zero-order valence-corrected chi connectivity index (χ0v) is 11.6. The van der Waals surface area contributed by atoms with Crippen LogP contribution in [-0.4, -0.2) is 43.5 Å². The normalized spacial score (nSPS) is 16.3. The monoisotopic (exact) mass is 261 g/mol. The largest absolute Gasteiger partial charge is 0.352 e. The van der Waals surface area contributed by atoms with Crippen LogP contribution in [0.3, 0.4) is 0 Å². The zero-order chi connectivity index (χ0) is 13.5. The number of nitrogens with one attached hydrogen (secondary N) is 2. The predicted octanol–water partition coefficient (Wildman–Crippen LogP) is 0.907. The summed E-state index contributed by atoms with van der Waals surface area (Å²) in [6, 6.07) is 8.24. The van der Waals surface area contributed by atoms with Gasteiger partial charge < -0.3 is 15.5 Å². The molecule has 19 heavy (non-hydrogen) atoms. The Kier molecular flexibility index (Phi) is 5.36. The number of hydrogen-bond acceptors (Lipinski definition) is 3. The van der Waals surface area contributed by atoms with Gasteiger partial charge in [0.2, 0.25) is 5.91 Å². The van der Waals surface area contributed by atoms with Crippen molar-refractivity contribution in [2.75, 3.05) is 32.7 Å². The van der Waals surface area contributed by atoms with Crippen LogP contribution in [-0.2, 0) is 11.3 Å². The number of carbonyl (C=O) groups is 1. The van der Waals surface area contributed by atoms with Crippen LogP contribution in [0.2, 0.25) is 0 Å². The Bertz CT molecular complexity index is 414. The van der Waals surface area contributed by atoms with Crippen molar-refractivity contribution in [3.63, 3.8) is 0 Å². The molecule has 0 saturated carbocycles. The van der Waals surface area contributed by atoms with E-state index >= 15 is 0 Å². The highest BCUT2D eigenvalue weighted by atomic mass is 16.1. The van der Waals surface area contributed by atoms with Crippen LogP contribution >= 0.6 is 0 Å². The van der Waals surface area contributed by atoms with Crippen molar-refractivity contribution in [3.8, 4) is 0 Å². The minimum Gasteiger partial charge on any atom is -0.352 e. The van der Waals surface area contributed by atoms with Gasteiger partial charge in [-0.25, -0.2) is 0 Å². The quantitative estimate of drug-likeness (QED) is 0.828. The first-order chi connectivity index (χ1) is 9.24. The molecule has 0 radical (unpaired) electrons. The fourth-order valence-corrected chi connectivity index (χ4v) is 2.31. The molecule has 1 amide bonds. The van der Waals surface area contributed by atoms with Gasteiger partial charge in [0.05, 0.1) is 0 Å². The third-order valence-electron chi connectivity index (χ3n) is 3.44. The molecule has 0 aliphatic carbocycles. The van der Waals surface area contributed by atoms with Crippen LogP contribution in [0.1, 0.15) is 17.5 Å². The summed E-state index contributed by atoms with van der Waals surface area (Å²) in [5.74, 6) is 0.139. The van der Waals surface area contributed by atoms with Gasteiger partial charge in [-0.05, 0) is 12.5 Å². The number of aryl methyl sites for hydroxylation is 1. The molecule has 0 unspecified atom stereocenters. The summed E-state index contributed by atoms with van der Waals surface area (Å²) in [4.78, 5) is 14.1. The smallest absolute Gasteiger partial charge is 0.221 e. The molecule has 1 aliphatic rings. The molecular weight excluding hydrogens is 238 g/mol. The Morgan fingerprint density at radius 1 is 1.37 bits per heavy atom. The Labute approximate surface area is 115 Å². The first kappa shape index (κ1) is 14.0. The highest BCUT2D eigenvalue weighted by Gasteiger charge is 2.10. The molecule has 0 bridgehead atoms. The van der Waals surface area contributed by atoms with E-state index in [2.05, 4.69) is 34.6 Å². The fourth-order valence-electron chi connectivity index (χ4n) is 2.31. The average molecular weight is 261 g/mol. The summed E-state index contributed by atoms with van der Waals surface area (Å²) >= 11 is 0. The third-order valence-corrected chi connectivity index (χ3v) is 3.44. The van der Waals surface area contributed by atoms with Gasteiger partial charge in [0.1, 0.15) is 0 Å². The van der Waals surface area contributed by atoms with Crippen molar-refractivity contribution >= 4 is 5.91 Å². The molecule has 1 aliphatic heterocycles. The first-order valence-electron chi connectivity index (χ1n) is 6.99. The van der Waals surface area contributed by atoms with E-state index in [1.807, 2.05) is 12.1 Å². The average Bonchev–Trinajstić information content (AvgIpc) is 2.44. The molecule has 104 valence electrons. The molecular formula is C15H23N3O. The molecule has 2 N–H and O–H groups in total. The maximum atomic E-state index is 11.8. The standard InChI is InChI=1S/C15H23N3O/c1-13-3-2-4-14(11-13)12-17-15(19)5-8-18-9-6-16-7-10-18/h2-4,11,16H,5-10,12H2,1H3,(H,17,19). The number of rotatable bonds is 5. The van der Waals surface area contributed by atoms with Gasteiger partial charge in [0, 0.05) is 45.7 Å². The van der Waals surface area contributed by atoms with E-state index < -0.39 is 0 Å². The Morgan fingerprint density at radius 3 is 2.89 bits per heavy atom. The lowest BCUT2D eigenvalue weighted by atomic mass is 10.1. The molecule has 1 heterocycles. The number of amides is 1. The second-order valence-corrected chi connectivity index (χ2v) is 5.11. The molecule has 0 atom stereocenters. The van der Waals surface area contributed by atoms with Crippen molar-refractivity contribution in [3.05, 3.63) is 35.4 Å². The number of benzene rings is 1. The maximum absolute atomic E-state index is 11.8. The number of hydrogen-bond donors (Lipinski definition) is 2. The number of nitrogens with zero attached hydrogens (tertiary/aromatic N) is 1. The van der Waals surface area contributed by atoms with E-state index in [4.69, 9.17) is 0 Å². The second kappa shape index (κ2) is 7.26. The summed E-state index contributed by atoms with van der Waals surface area (Å²) in [5.41, 5.74) is 2.39. The van der Waals surface area contributed by atoms with Crippen molar-refractivity contribution in [2.24, 2.45) is 0 Å². The van der Waals surface area contributed by atoms with E-state index in [1.54, 1.807) is 0 Å². The molecule has 0 aromatic heterocycles. The molecule has 4 heteroatoms. The molecule has 1 saturated heterocycles. The zero-order valence-electron chi connectivity index (χ0n) is 11.6.